The van der Waals surface area contributed by atoms with Crippen LogP contribution in [0.25, 0.3) is 0 Å². The maximum atomic E-state index is 8.57. The summed E-state index contributed by atoms with van der Waals surface area (Å²) in [7, 11) is 2.18. The van der Waals surface area contributed by atoms with Crippen molar-refractivity contribution in [3.63, 3.8) is 0 Å². The molecule has 15 heavy (non-hydrogen) atoms. The number of likely N-dealkylation sites (N-methyl/N-ethyl adjacent to an activating group) is 1. The van der Waals surface area contributed by atoms with Gasteiger partial charge in [-0.15, -0.1) is 0 Å². The van der Waals surface area contributed by atoms with Crippen molar-refractivity contribution in [1.29, 1.82) is 0 Å². The summed E-state index contributed by atoms with van der Waals surface area (Å²) in [5.74, 6) is 0. The number of hydrogen-bond donors (Lipinski definition) is 1. The number of aliphatic hydroxyl groups is 1. The molecule has 0 saturated heterocycles. The van der Waals surface area contributed by atoms with Crippen LogP contribution in [0.1, 0.15) is 19.3 Å². The molecule has 1 rings (SSSR count). The van der Waals surface area contributed by atoms with E-state index in [4.69, 9.17) is 9.84 Å². The van der Waals surface area contributed by atoms with E-state index < -0.39 is 0 Å². The van der Waals surface area contributed by atoms with Crippen LogP contribution in [0.3, 0.4) is 0 Å². The van der Waals surface area contributed by atoms with E-state index in [1.54, 1.807) is 0 Å². The van der Waals surface area contributed by atoms with E-state index in [0.29, 0.717) is 6.61 Å². The molecule has 0 amide bonds. The summed E-state index contributed by atoms with van der Waals surface area (Å²) in [6.45, 7) is 2.30. The van der Waals surface area contributed by atoms with E-state index >= 15 is 0 Å². The van der Waals surface area contributed by atoms with Crippen molar-refractivity contribution in [2.24, 2.45) is 0 Å². The zero-order valence-electron chi connectivity index (χ0n) is 9.82. The molecular formula is C11H23NO2S. The van der Waals surface area contributed by atoms with Crippen LogP contribution < -0.4 is 0 Å². The third kappa shape index (κ3) is 4.72. The summed E-state index contributed by atoms with van der Waals surface area (Å²) in [5.41, 5.74) is 0. The highest BCUT2D eigenvalue weighted by molar-refractivity contribution is 7.99. The van der Waals surface area contributed by atoms with Gasteiger partial charge in [-0.3, -0.25) is 0 Å². The standard InChI is InChI=1S/C11H23NO2S/c1-12(5-7-14-8-6-13)10-3-4-11(9-10)15-2/h10-11,13H,3-9H2,1-2H3. The Bertz CT molecular complexity index is 169. The Balaban J connectivity index is 2.09. The van der Waals surface area contributed by atoms with Gasteiger partial charge in [-0.1, -0.05) is 0 Å². The first-order valence-electron chi connectivity index (χ1n) is 5.69. The van der Waals surface area contributed by atoms with Gasteiger partial charge in [0.15, 0.2) is 0 Å². The minimum Gasteiger partial charge on any atom is -0.394 e. The van der Waals surface area contributed by atoms with Crippen LogP contribution in [0.15, 0.2) is 0 Å². The summed E-state index contributed by atoms with van der Waals surface area (Å²) in [6.07, 6.45) is 6.20. The number of hydrogen-bond acceptors (Lipinski definition) is 4. The average Bonchev–Trinajstić information content (AvgIpc) is 2.72. The number of nitrogens with zero attached hydrogens (tertiary/aromatic N) is 1. The Morgan fingerprint density at radius 1 is 1.40 bits per heavy atom. The van der Waals surface area contributed by atoms with E-state index in [9.17, 15) is 0 Å². The van der Waals surface area contributed by atoms with Crippen LogP contribution in [-0.4, -0.2) is 61.0 Å². The third-order valence-electron chi connectivity index (χ3n) is 3.14. The predicted molar refractivity (Wildman–Crippen MR) is 65.5 cm³/mol. The fourth-order valence-electron chi connectivity index (χ4n) is 2.09. The van der Waals surface area contributed by atoms with Gasteiger partial charge >= 0.3 is 0 Å². The third-order valence-corrected chi connectivity index (χ3v) is 4.23. The summed E-state index contributed by atoms with van der Waals surface area (Å²) in [6, 6.07) is 0.736. The molecule has 90 valence electrons. The molecule has 0 bridgehead atoms. The van der Waals surface area contributed by atoms with Gasteiger partial charge in [-0.25, -0.2) is 0 Å². The van der Waals surface area contributed by atoms with Gasteiger partial charge in [0.1, 0.15) is 0 Å². The largest absolute Gasteiger partial charge is 0.394 e. The lowest BCUT2D eigenvalue weighted by Crippen LogP contribution is -2.32. The molecule has 4 heteroatoms. The second-order valence-electron chi connectivity index (χ2n) is 4.14. The second-order valence-corrected chi connectivity index (χ2v) is 5.28. The maximum absolute atomic E-state index is 8.57. The van der Waals surface area contributed by atoms with Crippen LogP contribution in [0.4, 0.5) is 0 Å². The molecule has 3 nitrogen and oxygen atoms in total. The zero-order chi connectivity index (χ0) is 11.1. The lowest BCUT2D eigenvalue weighted by Gasteiger charge is -2.24. The van der Waals surface area contributed by atoms with E-state index in [0.717, 1.165) is 24.4 Å². The summed E-state index contributed by atoms with van der Waals surface area (Å²) >= 11 is 1.99. The highest BCUT2D eigenvalue weighted by Crippen LogP contribution is 2.30. The van der Waals surface area contributed by atoms with Crippen LogP contribution >= 0.6 is 11.8 Å². The van der Waals surface area contributed by atoms with E-state index in [1.807, 2.05) is 11.8 Å². The molecule has 1 aliphatic carbocycles. The Labute approximate surface area is 97.2 Å². The quantitative estimate of drug-likeness (QED) is 0.670. The second kappa shape index (κ2) is 7.49. The van der Waals surface area contributed by atoms with Gasteiger partial charge in [0, 0.05) is 17.8 Å². The lowest BCUT2D eigenvalue weighted by molar-refractivity contribution is 0.0709. The van der Waals surface area contributed by atoms with Gasteiger partial charge in [-0.05, 0) is 32.6 Å². The number of rotatable bonds is 7. The Hall–Kier alpha value is 0.230. The molecule has 0 heterocycles. The van der Waals surface area contributed by atoms with E-state index in [-0.39, 0.29) is 6.61 Å². The predicted octanol–water partition coefficient (Wildman–Crippen LogP) is 1.21. The molecule has 0 aromatic heterocycles. The molecule has 1 fully saturated rings. The molecule has 0 spiro atoms. The summed E-state index contributed by atoms with van der Waals surface area (Å²) in [4.78, 5) is 2.40. The van der Waals surface area contributed by atoms with Crippen molar-refractivity contribution in [3.05, 3.63) is 0 Å². The number of ether oxygens (including phenoxy) is 1. The smallest absolute Gasteiger partial charge is 0.0698 e. The summed E-state index contributed by atoms with van der Waals surface area (Å²) < 4.78 is 5.27. The molecule has 1 N–H and O–H groups in total. The Morgan fingerprint density at radius 3 is 2.80 bits per heavy atom. The minimum absolute atomic E-state index is 0.127. The fraction of sp³-hybridized carbons (Fsp3) is 1.00. The molecule has 0 aliphatic heterocycles. The molecule has 0 aromatic rings. The van der Waals surface area contributed by atoms with Crippen LogP contribution in [0.5, 0.6) is 0 Å². The van der Waals surface area contributed by atoms with E-state index in [1.165, 1.54) is 19.3 Å². The maximum Gasteiger partial charge on any atom is 0.0698 e. The molecule has 1 aliphatic rings. The van der Waals surface area contributed by atoms with Crippen LogP contribution in [0.2, 0.25) is 0 Å². The minimum atomic E-state index is 0.127. The van der Waals surface area contributed by atoms with Crippen molar-refractivity contribution in [2.45, 2.75) is 30.6 Å². The molecule has 2 atom stereocenters. The topological polar surface area (TPSA) is 32.7 Å². The van der Waals surface area contributed by atoms with Crippen molar-refractivity contribution in [2.75, 3.05) is 39.7 Å². The molecule has 0 radical (unpaired) electrons. The van der Waals surface area contributed by atoms with Gasteiger partial charge in [0.2, 0.25) is 0 Å². The Morgan fingerprint density at radius 2 is 2.20 bits per heavy atom. The monoisotopic (exact) mass is 233 g/mol. The first-order chi connectivity index (χ1) is 7.27. The average molecular weight is 233 g/mol. The molecule has 2 unspecified atom stereocenters. The highest BCUT2D eigenvalue weighted by Gasteiger charge is 2.26. The number of aliphatic hydroxyl groups excluding tert-OH is 1. The van der Waals surface area contributed by atoms with Gasteiger partial charge in [0.25, 0.3) is 0 Å². The first kappa shape index (κ1) is 13.3. The SMILES string of the molecule is CSC1CCC(N(C)CCOCCO)C1. The number of thioether (sulfide) groups is 1. The van der Waals surface area contributed by atoms with Crippen molar-refractivity contribution in [3.8, 4) is 0 Å². The van der Waals surface area contributed by atoms with Crippen LogP contribution in [0, 0.1) is 0 Å². The van der Waals surface area contributed by atoms with Gasteiger partial charge in [-0.2, -0.15) is 11.8 Å². The zero-order valence-corrected chi connectivity index (χ0v) is 10.6. The highest BCUT2D eigenvalue weighted by atomic mass is 32.2. The van der Waals surface area contributed by atoms with Gasteiger partial charge in [0.05, 0.1) is 19.8 Å². The molecular weight excluding hydrogens is 210 g/mol. The Kier molecular flexibility index (Phi) is 6.64. The van der Waals surface area contributed by atoms with Crippen molar-refractivity contribution < 1.29 is 9.84 Å². The first-order valence-corrected chi connectivity index (χ1v) is 6.98. The lowest BCUT2D eigenvalue weighted by atomic mass is 10.2. The van der Waals surface area contributed by atoms with E-state index in [2.05, 4.69) is 18.2 Å². The molecule has 1 saturated carbocycles. The van der Waals surface area contributed by atoms with Crippen LogP contribution in [-0.2, 0) is 4.74 Å². The fourth-order valence-corrected chi connectivity index (χ4v) is 2.88. The van der Waals surface area contributed by atoms with Crippen molar-refractivity contribution >= 4 is 11.8 Å². The normalized spacial score (nSPS) is 26.4. The van der Waals surface area contributed by atoms with Gasteiger partial charge < -0.3 is 14.7 Å². The summed E-state index contributed by atoms with van der Waals surface area (Å²) in [5, 5.41) is 9.43. The van der Waals surface area contributed by atoms with Crippen molar-refractivity contribution in [1.82, 2.24) is 4.90 Å². The molecule has 0 aromatic carbocycles.